The zero-order valence-electron chi connectivity index (χ0n) is 34.9. The number of nitrogens with one attached hydrogen (secondary N) is 1. The van der Waals surface area contributed by atoms with E-state index in [-0.39, 0.29) is 17.9 Å². The highest BCUT2D eigenvalue weighted by atomic mass is 127. The van der Waals surface area contributed by atoms with E-state index in [0.717, 1.165) is 27.8 Å². The lowest BCUT2D eigenvalue weighted by Crippen LogP contribution is -2.70. The molecule has 1 saturated heterocycles. The molecule has 2 unspecified atom stereocenters. The van der Waals surface area contributed by atoms with Gasteiger partial charge in [0.2, 0.25) is 5.91 Å². The number of halogens is 1. The van der Waals surface area contributed by atoms with Gasteiger partial charge in [0.05, 0.1) is 12.2 Å². The molecule has 1 fully saturated rings. The number of hydrogen-bond acceptors (Lipinski definition) is 9. The Balaban J connectivity index is 1.14. The molecule has 64 heavy (non-hydrogen) atoms. The number of β-lactam (4-membered cyclic amide) rings is 1. The smallest absolute Gasteiger partial charge is 0.352 e. The Kier molecular flexibility index (Phi) is 13.7. The Morgan fingerprint density at radius 3 is 1.83 bits per heavy atom. The van der Waals surface area contributed by atoms with Gasteiger partial charge < -0.3 is 15.2 Å². The molecule has 0 bridgehead atoms. The van der Waals surface area contributed by atoms with Gasteiger partial charge >= 0.3 is 11.9 Å². The zero-order valence-corrected chi connectivity index (χ0v) is 38.7. The van der Waals surface area contributed by atoms with Crippen molar-refractivity contribution in [3.05, 3.63) is 191 Å². The topological polar surface area (TPSA) is 159 Å². The first-order valence-electron chi connectivity index (χ1n) is 20.5. The van der Waals surface area contributed by atoms with Gasteiger partial charge in [0, 0.05) is 26.6 Å². The van der Waals surface area contributed by atoms with Crippen LogP contribution >= 0.6 is 34.4 Å². The van der Waals surface area contributed by atoms with Gasteiger partial charge in [-0.1, -0.05) is 174 Å². The summed E-state index contributed by atoms with van der Waals surface area (Å²) in [4.78, 5) is 71.3. The van der Waals surface area contributed by atoms with Crippen molar-refractivity contribution in [1.29, 1.82) is 0 Å². The maximum absolute atomic E-state index is 14.1. The van der Waals surface area contributed by atoms with Crippen LogP contribution in [0, 0.1) is 0 Å². The molecule has 15 heteroatoms. The minimum Gasteiger partial charge on any atom is -0.477 e. The number of nitrogens with zero attached hydrogens (tertiary/aromatic N) is 4. The van der Waals surface area contributed by atoms with E-state index in [1.807, 2.05) is 152 Å². The number of aliphatic carboxylic acids is 1. The van der Waals surface area contributed by atoms with Crippen molar-refractivity contribution < 1.29 is 33.9 Å². The second-order valence-electron chi connectivity index (χ2n) is 15.7. The standard InChI is InChI=1S/C49H44IN5O7S2/c1-48(2,46(60)61-42(32-18-8-3-9-19-32)33-20-10-4-11-21-33)62-54-64-31-38(28-39(56)52-40-43(57)55-41(45(58)59)34(29-50)30-63-44(40)55)51-47(64)53-49(35-22-12-5-13-23-35,36-24-14-6-15-25-36)37-26-16-7-17-27-37/h3-27,40,42,44H,28-31H2,1-2H3,(H,52,56)(H,58,59)/t40?,44-,64?/m0/s1. The molecular weight excluding hydrogens is 962 g/mol. The van der Waals surface area contributed by atoms with Gasteiger partial charge in [-0.2, -0.15) is 0 Å². The van der Waals surface area contributed by atoms with Crippen molar-refractivity contribution >= 4 is 79.7 Å². The summed E-state index contributed by atoms with van der Waals surface area (Å²) < 4.78 is 11.4. The van der Waals surface area contributed by atoms with Crippen molar-refractivity contribution in [1.82, 2.24) is 10.2 Å². The number of fused-ring (bicyclic) bond motifs is 1. The average Bonchev–Trinajstić information content (AvgIpc) is 3.71. The van der Waals surface area contributed by atoms with Crippen LogP contribution in [0.1, 0.15) is 54.2 Å². The molecule has 0 aromatic heterocycles. The Bertz CT molecular complexity index is 2530. The number of benzene rings is 5. The van der Waals surface area contributed by atoms with Crippen LogP contribution in [0.25, 0.3) is 0 Å². The monoisotopic (exact) mass is 1010 g/mol. The largest absolute Gasteiger partial charge is 0.477 e. The number of amidine groups is 1. The molecule has 0 aliphatic carbocycles. The van der Waals surface area contributed by atoms with E-state index in [4.69, 9.17) is 24.1 Å². The number of aliphatic imine (C=N–C) groups is 2. The Labute approximate surface area is 391 Å². The van der Waals surface area contributed by atoms with Crippen LogP contribution in [0.5, 0.6) is 0 Å². The molecule has 5 aromatic carbocycles. The summed E-state index contributed by atoms with van der Waals surface area (Å²) in [5.74, 6) is -2.15. The minimum absolute atomic E-state index is 0.0125. The van der Waals surface area contributed by atoms with E-state index in [0.29, 0.717) is 26.6 Å². The van der Waals surface area contributed by atoms with Gasteiger partial charge in [-0.25, -0.2) is 24.4 Å². The number of esters is 1. The van der Waals surface area contributed by atoms with Crippen LogP contribution in [-0.4, -0.2) is 77.6 Å². The van der Waals surface area contributed by atoms with Gasteiger partial charge in [0.1, 0.15) is 22.7 Å². The third-order valence-corrected chi connectivity index (χ3v) is 14.7. The number of carboxylic acid groups (broad SMARTS) is 1. The maximum Gasteiger partial charge on any atom is 0.352 e. The third-order valence-electron chi connectivity index (χ3n) is 11.0. The molecule has 0 radical (unpaired) electrons. The minimum atomic E-state index is -1.57. The summed E-state index contributed by atoms with van der Waals surface area (Å²) in [6, 6.07) is 47.6. The number of hydrogen-bond donors (Lipinski definition) is 2. The predicted molar refractivity (Wildman–Crippen MR) is 258 cm³/mol. The van der Waals surface area contributed by atoms with E-state index < -0.39 is 63.1 Å². The van der Waals surface area contributed by atoms with Gasteiger partial charge in [-0.15, -0.1) is 16.3 Å². The SMILES string of the molecule is CC(C)(ON=S1CC(CC(=O)NC2C(=O)N3C(C(=O)O)=C(CI)CS[C@@H]23)=NC1=NC(c1ccccc1)(c1ccccc1)c1ccccc1)C(=O)OC(c1ccccc1)c1ccccc1. The van der Waals surface area contributed by atoms with Crippen molar-refractivity contribution in [2.75, 3.05) is 15.9 Å². The van der Waals surface area contributed by atoms with Gasteiger partial charge in [-0.3, -0.25) is 14.5 Å². The Morgan fingerprint density at radius 1 is 0.844 bits per heavy atom. The number of carbonyl (C=O) groups excluding carboxylic acids is 3. The fourth-order valence-corrected chi connectivity index (χ4v) is 11.6. The molecule has 2 N–H and O–H groups in total. The first-order chi connectivity index (χ1) is 31.0. The fourth-order valence-electron chi connectivity index (χ4n) is 7.75. The van der Waals surface area contributed by atoms with Crippen LogP contribution in [0.2, 0.25) is 0 Å². The predicted octanol–water partition coefficient (Wildman–Crippen LogP) is 8.20. The summed E-state index contributed by atoms with van der Waals surface area (Å²) in [7, 11) is -1.25. The van der Waals surface area contributed by atoms with Crippen LogP contribution in [0.3, 0.4) is 0 Å². The lowest BCUT2D eigenvalue weighted by atomic mass is 9.77. The number of carbonyl (C=O) groups is 4. The molecule has 8 rings (SSSR count). The first-order valence-corrected chi connectivity index (χ1v) is 24.4. The highest BCUT2D eigenvalue weighted by Crippen LogP contribution is 2.43. The van der Waals surface area contributed by atoms with E-state index >= 15 is 0 Å². The Hall–Kier alpha value is -5.75. The second-order valence-corrected chi connectivity index (χ2v) is 19.1. The van der Waals surface area contributed by atoms with Crippen molar-refractivity contribution in [2.45, 2.75) is 48.9 Å². The highest BCUT2D eigenvalue weighted by molar-refractivity contribution is 14.1. The van der Waals surface area contributed by atoms with Crippen LogP contribution in [0.15, 0.2) is 177 Å². The summed E-state index contributed by atoms with van der Waals surface area (Å²) in [6.45, 7) is 3.19. The normalized spacial score (nSPS) is 19.3. The van der Waals surface area contributed by atoms with Gasteiger partial charge in [-0.05, 0) is 47.2 Å². The first kappa shape index (κ1) is 44.8. The van der Waals surface area contributed by atoms with Crippen LogP contribution < -0.4 is 5.32 Å². The van der Waals surface area contributed by atoms with Crippen molar-refractivity contribution in [3.8, 4) is 0 Å². The molecule has 0 spiro atoms. The quantitative estimate of drug-likeness (QED) is 0.0265. The number of thioether (sulfide) groups is 1. The summed E-state index contributed by atoms with van der Waals surface area (Å²) >= 11 is 3.52. The molecule has 326 valence electrons. The molecule has 3 atom stereocenters. The lowest BCUT2D eigenvalue weighted by molar-refractivity contribution is -0.172. The molecule has 3 aliphatic heterocycles. The summed E-state index contributed by atoms with van der Waals surface area (Å²) in [5.41, 5.74) is 2.58. The van der Waals surface area contributed by atoms with E-state index in [1.165, 1.54) is 16.7 Å². The second kappa shape index (κ2) is 19.6. The van der Waals surface area contributed by atoms with Crippen LogP contribution in [-0.2, 0) is 45.0 Å². The Morgan fingerprint density at radius 2 is 1.34 bits per heavy atom. The fraction of sp³-hybridized carbons (Fsp3) is 0.224. The zero-order chi connectivity index (χ0) is 44.8. The maximum atomic E-state index is 14.1. The third kappa shape index (κ3) is 9.25. The summed E-state index contributed by atoms with van der Waals surface area (Å²) in [6.07, 6.45) is -0.891. The highest BCUT2D eigenvalue weighted by Gasteiger charge is 2.54. The van der Waals surface area contributed by atoms with Crippen molar-refractivity contribution in [3.63, 3.8) is 0 Å². The molecule has 0 saturated carbocycles. The number of rotatable bonds is 15. The van der Waals surface area contributed by atoms with E-state index in [9.17, 15) is 24.3 Å². The molecule has 5 aromatic rings. The molecular formula is C49H44IN5O7S2. The average molecular weight is 1010 g/mol. The van der Waals surface area contributed by atoms with E-state index in [1.54, 1.807) is 13.8 Å². The molecule has 3 heterocycles. The molecule has 12 nitrogen and oxygen atoms in total. The van der Waals surface area contributed by atoms with Gasteiger partial charge in [0.15, 0.2) is 16.9 Å². The molecule has 2 amide bonds. The lowest BCUT2D eigenvalue weighted by Gasteiger charge is -2.49. The number of ether oxygens (including phenoxy) is 1. The molecule has 3 aliphatic rings. The van der Waals surface area contributed by atoms with E-state index in [2.05, 4.69) is 27.9 Å². The number of alkyl halides is 1. The van der Waals surface area contributed by atoms with Gasteiger partial charge in [0.25, 0.3) is 5.91 Å². The number of carboxylic acids is 1. The number of amides is 2. The summed E-state index contributed by atoms with van der Waals surface area (Å²) in [5, 5.41) is 12.5. The van der Waals surface area contributed by atoms with Crippen LogP contribution in [0.4, 0.5) is 0 Å². The van der Waals surface area contributed by atoms with Crippen molar-refractivity contribution in [2.24, 2.45) is 14.5 Å².